The van der Waals surface area contributed by atoms with E-state index in [1.807, 2.05) is 0 Å². The second-order valence-corrected chi connectivity index (χ2v) is 7.76. The first-order valence-electron chi connectivity index (χ1n) is 8.82. The van der Waals surface area contributed by atoms with E-state index in [0.29, 0.717) is 30.4 Å². The summed E-state index contributed by atoms with van der Waals surface area (Å²) in [6.45, 7) is 5.94. The fourth-order valence-electron chi connectivity index (χ4n) is 3.16. The van der Waals surface area contributed by atoms with Crippen molar-refractivity contribution in [2.24, 2.45) is 0 Å². The number of halogens is 4. The molecular formula is C19H21F4N3O2. The molecule has 3 rings (SSSR count). The van der Waals surface area contributed by atoms with E-state index in [0.717, 1.165) is 17.7 Å². The molecule has 0 bridgehead atoms. The molecule has 2 heterocycles. The van der Waals surface area contributed by atoms with Gasteiger partial charge in [-0.2, -0.15) is 18.3 Å². The summed E-state index contributed by atoms with van der Waals surface area (Å²) in [6, 6.07) is 2.64. The summed E-state index contributed by atoms with van der Waals surface area (Å²) >= 11 is 0. The summed E-state index contributed by atoms with van der Waals surface area (Å²) in [5.41, 5.74) is 0.261. The molecule has 1 N–H and O–H groups in total. The van der Waals surface area contributed by atoms with Crippen molar-refractivity contribution in [3.05, 3.63) is 52.1 Å². The van der Waals surface area contributed by atoms with Gasteiger partial charge >= 0.3 is 12.3 Å². The van der Waals surface area contributed by atoms with E-state index in [1.54, 1.807) is 20.8 Å². The highest BCUT2D eigenvalue weighted by molar-refractivity contribution is 5.68. The number of hydrogen-bond donors (Lipinski definition) is 1. The summed E-state index contributed by atoms with van der Waals surface area (Å²) in [6.07, 6.45) is -4.73. The maximum Gasteiger partial charge on any atom is 0.416 e. The van der Waals surface area contributed by atoms with Gasteiger partial charge in [-0.1, -0.05) is 6.07 Å². The number of nitrogens with one attached hydrogen (secondary N) is 1. The van der Waals surface area contributed by atoms with Gasteiger partial charge in [-0.3, -0.25) is 5.10 Å². The maximum absolute atomic E-state index is 13.3. The van der Waals surface area contributed by atoms with Crippen LogP contribution < -0.4 is 0 Å². The number of H-pyrrole nitrogens is 1. The first-order chi connectivity index (χ1) is 12.9. The Morgan fingerprint density at radius 3 is 2.64 bits per heavy atom. The Bertz CT molecular complexity index is 884. The second kappa shape index (κ2) is 7.10. The molecule has 1 aromatic carbocycles. The minimum Gasteiger partial charge on any atom is -0.444 e. The third kappa shape index (κ3) is 4.45. The Labute approximate surface area is 159 Å². The van der Waals surface area contributed by atoms with Crippen molar-refractivity contribution < 1.29 is 27.1 Å². The van der Waals surface area contributed by atoms with Crippen molar-refractivity contribution >= 4 is 6.09 Å². The smallest absolute Gasteiger partial charge is 0.416 e. The van der Waals surface area contributed by atoms with E-state index in [1.165, 1.54) is 4.90 Å². The van der Waals surface area contributed by atoms with E-state index in [-0.39, 0.29) is 18.5 Å². The van der Waals surface area contributed by atoms with Gasteiger partial charge in [-0.25, -0.2) is 9.18 Å². The van der Waals surface area contributed by atoms with Crippen LogP contribution in [0.4, 0.5) is 22.4 Å². The quantitative estimate of drug-likeness (QED) is 0.759. The van der Waals surface area contributed by atoms with Gasteiger partial charge in [-0.15, -0.1) is 0 Å². The highest BCUT2D eigenvalue weighted by atomic mass is 19.4. The zero-order valence-corrected chi connectivity index (χ0v) is 15.8. The van der Waals surface area contributed by atoms with Gasteiger partial charge in [0.15, 0.2) is 0 Å². The van der Waals surface area contributed by atoms with Gasteiger partial charge in [0.1, 0.15) is 11.4 Å². The highest BCUT2D eigenvalue weighted by Crippen LogP contribution is 2.34. The zero-order valence-electron chi connectivity index (χ0n) is 15.8. The highest BCUT2D eigenvalue weighted by Gasteiger charge is 2.34. The van der Waals surface area contributed by atoms with Crippen molar-refractivity contribution in [1.82, 2.24) is 15.1 Å². The Hall–Kier alpha value is -2.58. The predicted molar refractivity (Wildman–Crippen MR) is 93.1 cm³/mol. The molecule has 152 valence electrons. The summed E-state index contributed by atoms with van der Waals surface area (Å²) in [5.74, 6) is -0.937. The van der Waals surface area contributed by atoms with Gasteiger partial charge in [-0.05, 0) is 44.9 Å². The van der Waals surface area contributed by atoms with Crippen molar-refractivity contribution in [3.63, 3.8) is 0 Å². The summed E-state index contributed by atoms with van der Waals surface area (Å²) in [5, 5.41) is 6.95. The fourth-order valence-corrected chi connectivity index (χ4v) is 3.16. The van der Waals surface area contributed by atoms with Crippen molar-refractivity contribution in [2.45, 2.75) is 51.9 Å². The second-order valence-electron chi connectivity index (χ2n) is 7.76. The van der Waals surface area contributed by atoms with Crippen molar-refractivity contribution in [1.29, 1.82) is 0 Å². The first kappa shape index (κ1) is 20.2. The zero-order chi connectivity index (χ0) is 20.7. The molecule has 0 fully saturated rings. The van der Waals surface area contributed by atoms with Crippen LogP contribution >= 0.6 is 0 Å². The van der Waals surface area contributed by atoms with Crippen LogP contribution in [0, 0.1) is 5.82 Å². The molecule has 0 aliphatic carbocycles. The SMILES string of the molecule is CC(C)(C)OC(=O)N1CCc2c(Cc3ccc(F)cc3C(F)(F)F)n[nH]c2C1. The van der Waals surface area contributed by atoms with Crippen LogP contribution in [0.2, 0.25) is 0 Å². The Morgan fingerprint density at radius 1 is 1.29 bits per heavy atom. The molecule has 1 aliphatic heterocycles. The van der Waals surface area contributed by atoms with Crippen LogP contribution in [-0.4, -0.2) is 33.3 Å². The number of aromatic amines is 1. The number of carbonyl (C=O) groups excluding carboxylic acids is 1. The lowest BCUT2D eigenvalue weighted by atomic mass is 9.97. The molecule has 0 saturated heterocycles. The fraction of sp³-hybridized carbons (Fsp3) is 0.474. The third-order valence-electron chi connectivity index (χ3n) is 4.41. The number of alkyl halides is 3. The number of aromatic nitrogens is 2. The standard InChI is InChI=1S/C19H21F4N3O2/c1-18(2,3)28-17(27)26-7-6-13-15(24-25-16(13)10-26)8-11-4-5-12(20)9-14(11)19(21,22)23/h4-5,9H,6-8,10H2,1-3H3,(H,24,25). The van der Waals surface area contributed by atoms with Gasteiger partial charge in [0.25, 0.3) is 0 Å². The first-order valence-corrected chi connectivity index (χ1v) is 8.82. The number of rotatable bonds is 2. The number of nitrogens with zero attached hydrogens (tertiary/aromatic N) is 2. The number of hydrogen-bond acceptors (Lipinski definition) is 3. The third-order valence-corrected chi connectivity index (χ3v) is 4.41. The van der Waals surface area contributed by atoms with Gasteiger partial charge in [0.05, 0.1) is 23.5 Å². The Kier molecular flexibility index (Phi) is 5.12. The summed E-state index contributed by atoms with van der Waals surface area (Å²) in [7, 11) is 0. The lowest BCUT2D eigenvalue weighted by Gasteiger charge is -2.30. The van der Waals surface area contributed by atoms with Gasteiger partial charge in [0, 0.05) is 18.5 Å². The average molecular weight is 399 g/mol. The van der Waals surface area contributed by atoms with E-state index in [2.05, 4.69) is 10.2 Å². The number of carbonyl (C=O) groups is 1. The van der Waals surface area contributed by atoms with E-state index in [4.69, 9.17) is 4.74 Å². The van der Waals surface area contributed by atoms with Crippen LogP contribution in [-0.2, 0) is 30.3 Å². The number of benzene rings is 1. The Morgan fingerprint density at radius 2 is 2.00 bits per heavy atom. The maximum atomic E-state index is 13.3. The molecule has 1 aromatic heterocycles. The van der Waals surface area contributed by atoms with Crippen LogP contribution in [0.1, 0.15) is 48.8 Å². The van der Waals surface area contributed by atoms with E-state index < -0.39 is 29.3 Å². The molecule has 9 heteroatoms. The monoisotopic (exact) mass is 399 g/mol. The van der Waals surface area contributed by atoms with E-state index >= 15 is 0 Å². The van der Waals surface area contributed by atoms with Gasteiger partial charge in [0.2, 0.25) is 0 Å². The average Bonchev–Trinajstić information content (AvgIpc) is 2.96. The molecule has 0 unspecified atom stereocenters. The largest absolute Gasteiger partial charge is 0.444 e. The lowest BCUT2D eigenvalue weighted by molar-refractivity contribution is -0.138. The minimum atomic E-state index is -4.65. The molecule has 5 nitrogen and oxygen atoms in total. The van der Waals surface area contributed by atoms with Crippen LogP contribution in [0.5, 0.6) is 0 Å². The Balaban J connectivity index is 1.80. The number of amides is 1. The molecule has 1 aliphatic rings. The van der Waals surface area contributed by atoms with Crippen molar-refractivity contribution in [3.8, 4) is 0 Å². The normalized spacial score (nSPS) is 14.8. The molecule has 28 heavy (non-hydrogen) atoms. The van der Waals surface area contributed by atoms with E-state index in [9.17, 15) is 22.4 Å². The molecule has 2 aromatic rings. The molecule has 0 spiro atoms. The molecule has 0 atom stereocenters. The molecule has 1 amide bonds. The van der Waals surface area contributed by atoms with Gasteiger partial charge < -0.3 is 9.64 Å². The summed E-state index contributed by atoms with van der Waals surface area (Å²) in [4.78, 5) is 13.7. The minimum absolute atomic E-state index is 0.0437. The predicted octanol–water partition coefficient (Wildman–Crippen LogP) is 4.45. The van der Waals surface area contributed by atoms with Crippen molar-refractivity contribution in [2.75, 3.05) is 6.54 Å². The molecular weight excluding hydrogens is 378 g/mol. The summed E-state index contributed by atoms with van der Waals surface area (Å²) < 4.78 is 58.3. The molecule has 0 radical (unpaired) electrons. The lowest BCUT2D eigenvalue weighted by Crippen LogP contribution is -2.40. The van der Waals surface area contributed by atoms with Crippen LogP contribution in [0.3, 0.4) is 0 Å². The topological polar surface area (TPSA) is 58.2 Å². The van der Waals surface area contributed by atoms with Crippen LogP contribution in [0.15, 0.2) is 18.2 Å². The number of ether oxygens (including phenoxy) is 1. The van der Waals surface area contributed by atoms with Crippen LogP contribution in [0.25, 0.3) is 0 Å². The molecule has 0 saturated carbocycles. The number of fused-ring (bicyclic) bond motifs is 1.